The monoisotopic (exact) mass is 276 g/mol. The fourth-order valence-electron chi connectivity index (χ4n) is 1.37. The number of rotatable bonds is 3. The predicted octanol–water partition coefficient (Wildman–Crippen LogP) is 4.36. The number of para-hydroxylation sites is 1. The number of hydrogen-bond acceptors (Lipinski definition) is 1. The second-order valence-corrected chi connectivity index (χ2v) is 11.8. The van der Waals surface area contributed by atoms with E-state index in [-0.39, 0.29) is 4.22 Å². The maximum atomic E-state index is 6.31. The first-order valence-electron chi connectivity index (χ1n) is 4.65. The van der Waals surface area contributed by atoms with E-state index in [1.807, 2.05) is 54.6 Å². The summed E-state index contributed by atoms with van der Waals surface area (Å²) >= 11 is -3.26. The fraction of sp³-hybridized carbons (Fsp3) is 0.0909. The standard InChI is InChI=1S/C6H6O.C5H5.2ClH.Ti/c7-6-4-2-1-3-5-6;1-2-4-5-3-1;;;/h1-5,7H;1-5H;2*1H;/q;;;;+3/p-3. The molecule has 2 rings (SSSR count). The van der Waals surface area contributed by atoms with Crippen molar-refractivity contribution >= 4 is 18.6 Å². The van der Waals surface area contributed by atoms with Crippen LogP contribution in [0.2, 0.25) is 4.22 Å². The van der Waals surface area contributed by atoms with Gasteiger partial charge in [0.15, 0.2) is 0 Å². The molecule has 0 aromatic heterocycles. The second kappa shape index (κ2) is 4.75. The summed E-state index contributed by atoms with van der Waals surface area (Å²) in [5.41, 5.74) is 0. The molecule has 0 bridgehead atoms. The summed E-state index contributed by atoms with van der Waals surface area (Å²) in [6.07, 6.45) is 7.87. The Morgan fingerprint density at radius 2 is 1.60 bits per heavy atom. The summed E-state index contributed by atoms with van der Waals surface area (Å²) in [5.74, 6) is 0.746. The maximum absolute atomic E-state index is 6.31. The van der Waals surface area contributed by atoms with Gasteiger partial charge >= 0.3 is 101 Å². The first-order valence-corrected chi connectivity index (χ1v) is 10.5. The molecule has 0 heterocycles. The molecule has 15 heavy (non-hydrogen) atoms. The third-order valence-corrected chi connectivity index (χ3v) is 7.45. The predicted molar refractivity (Wildman–Crippen MR) is 60.8 cm³/mol. The van der Waals surface area contributed by atoms with Crippen LogP contribution in [-0.2, 0) is 14.9 Å². The summed E-state index contributed by atoms with van der Waals surface area (Å²) in [5, 5.41) is 0. The van der Waals surface area contributed by atoms with Gasteiger partial charge < -0.3 is 0 Å². The third-order valence-electron chi connectivity index (χ3n) is 2.13. The van der Waals surface area contributed by atoms with Crippen LogP contribution in [0.3, 0.4) is 0 Å². The molecule has 78 valence electrons. The van der Waals surface area contributed by atoms with Crippen molar-refractivity contribution in [1.82, 2.24) is 0 Å². The van der Waals surface area contributed by atoms with E-state index < -0.39 is 14.9 Å². The van der Waals surface area contributed by atoms with Gasteiger partial charge in [-0.15, -0.1) is 0 Å². The van der Waals surface area contributed by atoms with Crippen LogP contribution in [0.25, 0.3) is 0 Å². The molecule has 1 aliphatic carbocycles. The van der Waals surface area contributed by atoms with E-state index in [4.69, 9.17) is 21.9 Å². The third kappa shape index (κ3) is 2.88. The molecule has 1 aliphatic rings. The average molecular weight is 277 g/mol. The summed E-state index contributed by atoms with van der Waals surface area (Å²) in [6.45, 7) is 0. The molecule has 0 aliphatic heterocycles. The van der Waals surface area contributed by atoms with Gasteiger partial charge in [0, 0.05) is 0 Å². The number of benzene rings is 1. The number of allylic oxidation sites excluding steroid dienone is 4. The molecule has 0 saturated heterocycles. The van der Waals surface area contributed by atoms with E-state index in [9.17, 15) is 0 Å². The van der Waals surface area contributed by atoms with Crippen LogP contribution < -0.4 is 3.32 Å². The fourth-order valence-corrected chi connectivity index (χ4v) is 5.27. The summed E-state index contributed by atoms with van der Waals surface area (Å²) in [6, 6.07) is 9.48. The molecule has 0 amide bonds. The van der Waals surface area contributed by atoms with Crippen LogP contribution in [-0.4, -0.2) is 0 Å². The Morgan fingerprint density at radius 1 is 1.00 bits per heavy atom. The summed E-state index contributed by atoms with van der Waals surface area (Å²) < 4.78 is 5.78. The van der Waals surface area contributed by atoms with E-state index in [1.54, 1.807) is 0 Å². The van der Waals surface area contributed by atoms with Crippen molar-refractivity contribution < 1.29 is 18.2 Å². The normalized spacial score (nSPS) is 15.9. The van der Waals surface area contributed by atoms with Crippen LogP contribution in [0.15, 0.2) is 54.6 Å². The zero-order valence-corrected chi connectivity index (χ0v) is 11.0. The Morgan fingerprint density at radius 3 is 2.20 bits per heavy atom. The van der Waals surface area contributed by atoms with Crippen molar-refractivity contribution in [2.24, 2.45) is 0 Å². The van der Waals surface area contributed by atoms with Crippen LogP contribution in [0.4, 0.5) is 0 Å². The van der Waals surface area contributed by atoms with Crippen molar-refractivity contribution in [2.75, 3.05) is 0 Å². The van der Waals surface area contributed by atoms with Gasteiger partial charge in [0.25, 0.3) is 0 Å². The van der Waals surface area contributed by atoms with Crippen molar-refractivity contribution in [3.05, 3.63) is 54.6 Å². The van der Waals surface area contributed by atoms with Gasteiger partial charge in [-0.2, -0.15) is 0 Å². The van der Waals surface area contributed by atoms with E-state index in [0.29, 0.717) is 0 Å². The van der Waals surface area contributed by atoms with Crippen LogP contribution in [0, 0.1) is 0 Å². The molecule has 0 spiro atoms. The zero-order valence-electron chi connectivity index (χ0n) is 7.94. The molecule has 4 heteroatoms. The van der Waals surface area contributed by atoms with Gasteiger partial charge in [-0.1, -0.05) is 0 Å². The molecular formula is C11H10Cl2OTi. The number of hydrogen-bond donors (Lipinski definition) is 0. The average Bonchev–Trinajstić information content (AvgIpc) is 2.71. The first-order chi connectivity index (χ1) is 7.18. The molecule has 1 nitrogen and oxygen atoms in total. The molecule has 0 atom stereocenters. The minimum atomic E-state index is -3.26. The van der Waals surface area contributed by atoms with Gasteiger partial charge in [0.2, 0.25) is 0 Å². The van der Waals surface area contributed by atoms with Crippen LogP contribution >= 0.6 is 18.6 Å². The summed E-state index contributed by atoms with van der Waals surface area (Å²) in [7, 11) is 12.6. The molecular weight excluding hydrogens is 267 g/mol. The van der Waals surface area contributed by atoms with Gasteiger partial charge in [-0.05, 0) is 0 Å². The second-order valence-electron chi connectivity index (χ2n) is 3.27. The Bertz CT molecular complexity index is 375. The molecule has 0 N–H and O–H groups in total. The topological polar surface area (TPSA) is 9.23 Å². The van der Waals surface area contributed by atoms with Crippen molar-refractivity contribution in [3.63, 3.8) is 0 Å². The number of halogens is 2. The summed E-state index contributed by atoms with van der Waals surface area (Å²) in [4.78, 5) is 0. The van der Waals surface area contributed by atoms with Gasteiger partial charge in [0.05, 0.1) is 0 Å². The van der Waals surface area contributed by atoms with Crippen molar-refractivity contribution in [2.45, 2.75) is 4.22 Å². The van der Waals surface area contributed by atoms with E-state index in [0.717, 1.165) is 5.75 Å². The van der Waals surface area contributed by atoms with E-state index in [2.05, 4.69) is 0 Å². The van der Waals surface area contributed by atoms with Crippen LogP contribution in [0.5, 0.6) is 5.75 Å². The Kier molecular flexibility index (Phi) is 3.58. The SMILES string of the molecule is [Cl][Ti]([Cl])([O]c1ccccc1)[CH]1C=CC=C1. The molecule has 0 saturated carbocycles. The van der Waals surface area contributed by atoms with Gasteiger partial charge in [-0.3, -0.25) is 0 Å². The molecule has 0 radical (unpaired) electrons. The Hall–Kier alpha value is -0.206. The minimum absolute atomic E-state index is 0.0774. The van der Waals surface area contributed by atoms with Crippen molar-refractivity contribution in [3.8, 4) is 5.75 Å². The van der Waals surface area contributed by atoms with Gasteiger partial charge in [-0.25, -0.2) is 0 Å². The van der Waals surface area contributed by atoms with E-state index in [1.165, 1.54) is 0 Å². The first kappa shape index (κ1) is 11.3. The Balaban J connectivity index is 2.10. The molecule has 1 aromatic rings. The zero-order chi connectivity index (χ0) is 10.7. The van der Waals surface area contributed by atoms with Crippen molar-refractivity contribution in [1.29, 1.82) is 0 Å². The van der Waals surface area contributed by atoms with Crippen LogP contribution in [0.1, 0.15) is 0 Å². The molecule has 0 fully saturated rings. The molecule has 0 unspecified atom stereocenters. The quantitative estimate of drug-likeness (QED) is 0.746. The van der Waals surface area contributed by atoms with E-state index >= 15 is 0 Å². The van der Waals surface area contributed by atoms with Gasteiger partial charge in [0.1, 0.15) is 0 Å². The Labute approximate surface area is 101 Å². The molecule has 1 aromatic carbocycles.